The van der Waals surface area contributed by atoms with Gasteiger partial charge in [-0.25, -0.2) is 9.59 Å². The molecule has 7 amide bonds. The van der Waals surface area contributed by atoms with Crippen LogP contribution in [0.4, 0.5) is 9.59 Å². The molecule has 13 nitrogen and oxygen atoms in total. The predicted octanol–water partition coefficient (Wildman–Crippen LogP) is 3.32. The number of unbranched alkanes of at least 4 members (excludes halogenated alkanes) is 1. The number of fused-ring (bicyclic) bond motifs is 1. The first kappa shape index (κ1) is 41.3. The number of Topliss-reactive ketones (excluding diaryl/α,β-unsaturated/α-hetero) is 1. The zero-order chi connectivity index (χ0) is 38.9. The van der Waals surface area contributed by atoms with Gasteiger partial charge < -0.3 is 36.4 Å². The van der Waals surface area contributed by atoms with Crippen molar-refractivity contribution in [3.8, 4) is 0 Å². The van der Waals surface area contributed by atoms with E-state index in [1.807, 2.05) is 65.8 Å². The molecule has 0 bridgehead atoms. The average molecular weight is 736 g/mol. The number of likely N-dealkylation sites (tertiary alicyclic amines) is 1. The smallest absolute Gasteiger partial charge is 0.317 e. The zero-order valence-corrected chi connectivity index (χ0v) is 32.5. The first-order valence-corrected chi connectivity index (χ1v) is 19.4. The summed E-state index contributed by atoms with van der Waals surface area (Å²) >= 11 is 0. The van der Waals surface area contributed by atoms with Crippen LogP contribution in [0.5, 0.6) is 0 Å². The van der Waals surface area contributed by atoms with E-state index in [-0.39, 0.29) is 42.7 Å². The Labute approximate surface area is 314 Å². The zero-order valence-electron chi connectivity index (χ0n) is 32.5. The molecule has 3 aliphatic rings. The Bertz CT molecular complexity index is 1480. The molecule has 2 fully saturated rings. The second-order valence-corrected chi connectivity index (χ2v) is 16.2. The maximum absolute atomic E-state index is 14.9. The number of rotatable bonds is 16. The SMILES string of the molecule is C=CCNC(=O)C(=O)C(CCCC)NC(=O)[C@@H]1[C@@H](C(C)C)CCN1C(=O)[C@@H](NC(=O)N[C@H](CN1CCCNC1=O)C(C)(C)C)C1Cc2ccccc2C1. The lowest BCUT2D eigenvalue weighted by Crippen LogP contribution is -2.62. The summed E-state index contributed by atoms with van der Waals surface area (Å²) in [6, 6.07) is 4.00. The molecule has 1 aromatic carbocycles. The number of urea groups is 2. The van der Waals surface area contributed by atoms with E-state index in [0.717, 1.165) is 24.0 Å². The van der Waals surface area contributed by atoms with Crippen LogP contribution < -0.4 is 26.6 Å². The van der Waals surface area contributed by atoms with Crippen LogP contribution in [0, 0.1) is 23.2 Å². The van der Waals surface area contributed by atoms with Gasteiger partial charge in [-0.05, 0) is 66.4 Å². The van der Waals surface area contributed by atoms with Crippen molar-refractivity contribution < 1.29 is 28.8 Å². The van der Waals surface area contributed by atoms with Crippen LogP contribution in [-0.4, -0.2) is 102 Å². The maximum Gasteiger partial charge on any atom is 0.317 e. The number of ketones is 1. The molecule has 0 radical (unpaired) electrons. The van der Waals surface area contributed by atoms with E-state index in [0.29, 0.717) is 51.9 Å². The lowest BCUT2D eigenvalue weighted by molar-refractivity contribution is -0.144. The lowest BCUT2D eigenvalue weighted by atomic mass is 9.86. The summed E-state index contributed by atoms with van der Waals surface area (Å²) in [5.74, 6) is -2.80. The highest BCUT2D eigenvalue weighted by atomic mass is 16.2. The fraction of sp³-hybridized carbons (Fsp3) is 0.650. The van der Waals surface area contributed by atoms with Crippen molar-refractivity contribution >= 4 is 35.6 Å². The van der Waals surface area contributed by atoms with Crippen LogP contribution >= 0.6 is 0 Å². The molecule has 1 unspecified atom stereocenters. The normalized spacial score (nSPS) is 20.5. The molecular formula is C40H61N7O6. The summed E-state index contributed by atoms with van der Waals surface area (Å²) in [6.45, 7) is 17.5. The molecule has 2 heterocycles. The molecule has 1 aliphatic carbocycles. The summed E-state index contributed by atoms with van der Waals surface area (Å²) in [5, 5.41) is 14.4. The van der Waals surface area contributed by atoms with E-state index in [9.17, 15) is 28.8 Å². The third-order valence-electron chi connectivity index (χ3n) is 11.0. The molecule has 4 rings (SSSR count). The first-order valence-electron chi connectivity index (χ1n) is 19.4. The number of amides is 7. The second kappa shape index (κ2) is 18.6. The van der Waals surface area contributed by atoms with Crippen LogP contribution in [-0.2, 0) is 32.0 Å². The minimum Gasteiger partial charge on any atom is -0.346 e. The van der Waals surface area contributed by atoms with E-state index in [1.54, 1.807) is 9.80 Å². The molecule has 0 spiro atoms. The Kier molecular flexibility index (Phi) is 14.5. The van der Waals surface area contributed by atoms with Gasteiger partial charge in [0.2, 0.25) is 17.6 Å². The number of benzene rings is 1. The predicted molar refractivity (Wildman–Crippen MR) is 204 cm³/mol. The molecule has 1 aromatic rings. The van der Waals surface area contributed by atoms with Crippen LogP contribution in [0.25, 0.3) is 0 Å². The van der Waals surface area contributed by atoms with Gasteiger partial charge in [0.05, 0.1) is 12.1 Å². The van der Waals surface area contributed by atoms with Gasteiger partial charge in [-0.2, -0.15) is 0 Å². The van der Waals surface area contributed by atoms with E-state index >= 15 is 0 Å². The Morgan fingerprint density at radius 3 is 2.28 bits per heavy atom. The molecule has 2 aliphatic heterocycles. The van der Waals surface area contributed by atoms with Crippen molar-refractivity contribution in [3.05, 3.63) is 48.0 Å². The monoisotopic (exact) mass is 735 g/mol. The van der Waals surface area contributed by atoms with Gasteiger partial charge in [-0.15, -0.1) is 6.58 Å². The van der Waals surface area contributed by atoms with Gasteiger partial charge in [0, 0.05) is 32.7 Å². The topological polar surface area (TPSA) is 169 Å². The highest BCUT2D eigenvalue weighted by Gasteiger charge is 2.48. The fourth-order valence-corrected chi connectivity index (χ4v) is 7.78. The molecular weight excluding hydrogens is 674 g/mol. The molecule has 0 saturated carbocycles. The van der Waals surface area contributed by atoms with Gasteiger partial charge in [0.1, 0.15) is 12.1 Å². The van der Waals surface area contributed by atoms with Gasteiger partial charge in [0.15, 0.2) is 0 Å². The molecule has 53 heavy (non-hydrogen) atoms. The fourth-order valence-electron chi connectivity index (χ4n) is 7.78. The Morgan fingerprint density at radius 2 is 1.70 bits per heavy atom. The summed E-state index contributed by atoms with van der Waals surface area (Å²) in [6.07, 6.45) is 5.68. The Balaban J connectivity index is 1.60. The molecule has 0 aromatic heterocycles. The van der Waals surface area contributed by atoms with Crippen molar-refractivity contribution in [2.24, 2.45) is 23.2 Å². The molecule has 292 valence electrons. The number of carbonyl (C=O) groups is 6. The second-order valence-electron chi connectivity index (χ2n) is 16.2. The highest BCUT2D eigenvalue weighted by molar-refractivity contribution is 6.38. The Morgan fingerprint density at radius 1 is 1.02 bits per heavy atom. The third kappa shape index (κ3) is 10.6. The number of hydrogen-bond donors (Lipinski definition) is 5. The molecule has 5 atom stereocenters. The highest BCUT2D eigenvalue weighted by Crippen LogP contribution is 2.35. The molecule has 5 N–H and O–H groups in total. The molecule has 13 heteroatoms. The van der Waals surface area contributed by atoms with Crippen molar-refractivity contribution in [1.29, 1.82) is 0 Å². The minimum absolute atomic E-state index is 0.0363. The number of nitrogens with one attached hydrogen (secondary N) is 5. The quantitative estimate of drug-likeness (QED) is 0.129. The number of carbonyl (C=O) groups excluding carboxylic acids is 6. The van der Waals surface area contributed by atoms with Crippen LogP contribution in [0.15, 0.2) is 36.9 Å². The van der Waals surface area contributed by atoms with E-state index in [4.69, 9.17) is 0 Å². The summed E-state index contributed by atoms with van der Waals surface area (Å²) in [4.78, 5) is 84.8. The lowest BCUT2D eigenvalue weighted by Gasteiger charge is -2.38. The van der Waals surface area contributed by atoms with Crippen LogP contribution in [0.1, 0.15) is 84.8 Å². The van der Waals surface area contributed by atoms with Gasteiger partial charge in [0.25, 0.3) is 5.91 Å². The van der Waals surface area contributed by atoms with Crippen molar-refractivity contribution in [2.45, 2.75) is 111 Å². The van der Waals surface area contributed by atoms with Crippen molar-refractivity contribution in [3.63, 3.8) is 0 Å². The average Bonchev–Trinajstić information content (AvgIpc) is 3.76. The Hall–Kier alpha value is -4.42. The number of nitrogens with zero attached hydrogens (tertiary/aromatic N) is 2. The minimum atomic E-state index is -1.04. The molecule has 2 saturated heterocycles. The van der Waals surface area contributed by atoms with E-state index < -0.39 is 53.2 Å². The van der Waals surface area contributed by atoms with Crippen LogP contribution in [0.2, 0.25) is 0 Å². The largest absolute Gasteiger partial charge is 0.346 e. The van der Waals surface area contributed by atoms with Gasteiger partial charge in [-0.1, -0.05) is 84.7 Å². The summed E-state index contributed by atoms with van der Waals surface area (Å²) in [7, 11) is 0. The summed E-state index contributed by atoms with van der Waals surface area (Å²) in [5.41, 5.74) is 1.82. The van der Waals surface area contributed by atoms with Crippen molar-refractivity contribution in [2.75, 3.05) is 32.7 Å². The first-order chi connectivity index (χ1) is 25.2. The van der Waals surface area contributed by atoms with E-state index in [2.05, 4.69) is 33.2 Å². The third-order valence-corrected chi connectivity index (χ3v) is 11.0. The standard InChI is InChI=1S/C40H61N7O6/c1-8-10-16-30(34(48)36(50)41-18-9-2)43-35(49)33-29(25(3)4)17-21-47(33)37(51)32(28-22-26-14-11-12-15-27(26)23-28)45-38(52)44-31(40(5,6)7)24-46-20-13-19-42-39(46)53/h9,11-12,14-15,25,28-33H,2,8,10,13,16-24H2,1,3-7H3,(H,41,50)(H,42,53)(H,43,49)(H2,44,45,52)/t29-,30?,31-,32+,33+/m1/s1. The summed E-state index contributed by atoms with van der Waals surface area (Å²) < 4.78 is 0. The maximum atomic E-state index is 14.9. The van der Waals surface area contributed by atoms with Crippen molar-refractivity contribution in [1.82, 2.24) is 36.4 Å². The van der Waals surface area contributed by atoms with E-state index in [1.165, 1.54) is 6.08 Å². The number of hydrogen-bond acceptors (Lipinski definition) is 6. The van der Waals surface area contributed by atoms with Crippen LogP contribution in [0.3, 0.4) is 0 Å². The van der Waals surface area contributed by atoms with Gasteiger partial charge >= 0.3 is 12.1 Å². The van der Waals surface area contributed by atoms with Gasteiger partial charge in [-0.3, -0.25) is 19.2 Å².